The molecule has 1 amide bonds. The van der Waals surface area contributed by atoms with Crippen LogP contribution in [0.15, 0.2) is 87.7 Å². The van der Waals surface area contributed by atoms with E-state index >= 15 is 0 Å². The molecule has 40 heavy (non-hydrogen) atoms. The summed E-state index contributed by atoms with van der Waals surface area (Å²) in [6.45, 7) is 5.63. The lowest BCUT2D eigenvalue weighted by atomic mass is 10.1. The maximum atomic E-state index is 12.3. The minimum atomic E-state index is -0.877. The quantitative estimate of drug-likeness (QED) is 0.146. The van der Waals surface area contributed by atoms with Gasteiger partial charge in [-0.3, -0.25) is 0 Å². The van der Waals surface area contributed by atoms with Crippen molar-refractivity contribution in [1.82, 2.24) is 5.32 Å². The second kappa shape index (κ2) is 13.6. The highest BCUT2D eigenvalue weighted by Crippen LogP contribution is 2.36. The molecule has 0 aliphatic carbocycles. The van der Waals surface area contributed by atoms with Crippen LogP contribution in [0, 0.1) is 0 Å². The van der Waals surface area contributed by atoms with Gasteiger partial charge in [0.15, 0.2) is 0 Å². The van der Waals surface area contributed by atoms with Crippen molar-refractivity contribution >= 4 is 35.2 Å². The molecule has 210 valence electrons. The average molecular weight is 580 g/mol. The average Bonchev–Trinajstić information content (AvgIpc) is 3.60. The van der Waals surface area contributed by atoms with Crippen molar-refractivity contribution in [2.24, 2.45) is 0 Å². The molecule has 0 radical (unpaired) electrons. The number of rotatable bonds is 11. The zero-order valence-corrected chi connectivity index (χ0v) is 24.6. The monoisotopic (exact) mass is 579 g/mol. The number of methoxy groups -OCH3 is 1. The van der Waals surface area contributed by atoms with Gasteiger partial charge in [-0.25, -0.2) is 9.59 Å². The van der Waals surface area contributed by atoms with Crippen LogP contribution in [0.3, 0.4) is 0 Å². The smallest absolute Gasteiger partial charge is 0.408 e. The predicted octanol–water partition coefficient (Wildman–Crippen LogP) is 7.49. The Bertz CT molecular complexity index is 1380. The molecule has 9 heteroatoms. The normalized spacial score (nSPS) is 12.0. The first kappa shape index (κ1) is 29.3. The van der Waals surface area contributed by atoms with Crippen molar-refractivity contribution in [2.75, 3.05) is 7.11 Å². The third kappa shape index (κ3) is 8.40. The summed E-state index contributed by atoms with van der Waals surface area (Å²) in [5.41, 5.74) is 2.26. The Hall–Kier alpha value is -3.69. The van der Waals surface area contributed by atoms with Crippen LogP contribution in [0.4, 0.5) is 4.79 Å². The van der Waals surface area contributed by atoms with Gasteiger partial charge in [-0.15, -0.1) is 23.1 Å². The van der Waals surface area contributed by atoms with E-state index in [4.69, 9.17) is 18.6 Å². The molecule has 1 atom stereocenters. The second-order valence-electron chi connectivity index (χ2n) is 10.0. The van der Waals surface area contributed by atoms with Crippen LogP contribution in [-0.2, 0) is 33.0 Å². The number of alkyl carbamates (subject to hydrolysis) is 1. The van der Waals surface area contributed by atoms with Crippen LogP contribution in [0.1, 0.15) is 37.5 Å². The molecule has 0 spiro atoms. The Balaban J connectivity index is 1.41. The number of furan rings is 1. The lowest BCUT2D eigenvalue weighted by Crippen LogP contribution is -2.45. The maximum absolute atomic E-state index is 12.3. The molecular formula is C31H33NO6S2. The van der Waals surface area contributed by atoms with Crippen LogP contribution in [0.5, 0.6) is 5.75 Å². The zero-order valence-electron chi connectivity index (χ0n) is 23.0. The number of ether oxygens (including phenoxy) is 3. The molecule has 0 fully saturated rings. The van der Waals surface area contributed by atoms with E-state index < -0.39 is 23.7 Å². The number of carbonyl (C=O) groups excluding carboxylic acids is 2. The Morgan fingerprint density at radius 2 is 1.77 bits per heavy atom. The molecule has 0 bridgehead atoms. The van der Waals surface area contributed by atoms with E-state index in [0.717, 1.165) is 33.1 Å². The highest BCUT2D eigenvalue weighted by atomic mass is 32.2. The van der Waals surface area contributed by atoms with Crippen LogP contribution in [0.2, 0.25) is 0 Å². The first-order valence-corrected chi connectivity index (χ1v) is 14.7. The van der Waals surface area contributed by atoms with Gasteiger partial charge in [0, 0.05) is 28.2 Å². The van der Waals surface area contributed by atoms with E-state index in [-0.39, 0.29) is 6.42 Å². The molecule has 2 aromatic heterocycles. The number of nitrogens with one attached hydrogen (secondary N) is 1. The minimum Gasteiger partial charge on any atom is -0.489 e. The van der Waals surface area contributed by atoms with Gasteiger partial charge in [0.1, 0.15) is 29.8 Å². The SMILES string of the molecule is COC(=O)[C@H](Cc1ccc(OCc2coc(-c3cccs3)c2CSc2ccccc2)cc1)NC(=O)OC(C)(C)C. The summed E-state index contributed by atoms with van der Waals surface area (Å²) in [5, 5.41) is 4.64. The lowest BCUT2D eigenvalue weighted by molar-refractivity contribution is -0.143. The standard InChI is InChI=1S/C31H33NO6S2/c1-31(2,3)38-30(34)32-26(29(33)35-4)17-21-12-14-23(15-13-21)36-18-22-19-37-28(27-11-8-16-39-27)25(22)20-40-24-9-6-5-7-10-24/h5-16,19,26H,17-18,20H2,1-4H3,(H,32,34)/t26-/m0/s1. The molecule has 0 aliphatic heterocycles. The number of thiophene rings is 1. The highest BCUT2D eigenvalue weighted by molar-refractivity contribution is 7.98. The lowest BCUT2D eigenvalue weighted by Gasteiger charge is -2.22. The van der Waals surface area contributed by atoms with Crippen LogP contribution in [-0.4, -0.2) is 30.8 Å². The molecule has 0 unspecified atom stereocenters. The van der Waals surface area contributed by atoms with Gasteiger partial charge in [-0.2, -0.15) is 0 Å². The first-order valence-electron chi connectivity index (χ1n) is 12.8. The number of benzene rings is 2. The summed E-state index contributed by atoms with van der Waals surface area (Å²) in [7, 11) is 1.29. The molecule has 7 nitrogen and oxygen atoms in total. The fraction of sp³-hybridized carbons (Fsp3) is 0.290. The molecule has 0 aliphatic rings. The van der Waals surface area contributed by atoms with Gasteiger partial charge in [-0.1, -0.05) is 36.4 Å². The molecule has 2 heterocycles. The van der Waals surface area contributed by atoms with E-state index in [1.54, 1.807) is 50.1 Å². The molecular weight excluding hydrogens is 546 g/mol. The fourth-order valence-electron chi connectivity index (χ4n) is 3.89. The van der Waals surface area contributed by atoms with Crippen molar-refractivity contribution in [2.45, 2.75) is 56.1 Å². The van der Waals surface area contributed by atoms with Gasteiger partial charge in [0.05, 0.1) is 18.3 Å². The van der Waals surface area contributed by atoms with Crippen molar-refractivity contribution < 1.29 is 28.2 Å². The largest absolute Gasteiger partial charge is 0.489 e. The molecule has 2 aromatic carbocycles. The first-order chi connectivity index (χ1) is 19.2. The van der Waals surface area contributed by atoms with Crippen molar-refractivity contribution in [3.63, 3.8) is 0 Å². The van der Waals surface area contributed by atoms with Gasteiger partial charge < -0.3 is 23.9 Å². The van der Waals surface area contributed by atoms with Crippen molar-refractivity contribution in [1.29, 1.82) is 0 Å². The summed E-state index contributed by atoms with van der Waals surface area (Å²) in [6, 6.07) is 20.9. The van der Waals surface area contributed by atoms with Crippen molar-refractivity contribution in [3.8, 4) is 16.4 Å². The number of hydrogen-bond donors (Lipinski definition) is 1. The van der Waals surface area contributed by atoms with E-state index in [1.807, 2.05) is 53.9 Å². The van der Waals surface area contributed by atoms with Gasteiger partial charge >= 0.3 is 12.1 Å². The zero-order chi connectivity index (χ0) is 28.5. The summed E-state index contributed by atoms with van der Waals surface area (Å²) in [4.78, 5) is 26.8. The van der Waals surface area contributed by atoms with E-state index in [0.29, 0.717) is 12.4 Å². The fourth-order valence-corrected chi connectivity index (χ4v) is 5.60. The Morgan fingerprint density at radius 1 is 1.02 bits per heavy atom. The second-order valence-corrected chi connectivity index (χ2v) is 12.0. The number of esters is 1. The van der Waals surface area contributed by atoms with E-state index in [1.165, 1.54) is 12.0 Å². The Morgan fingerprint density at radius 3 is 2.42 bits per heavy atom. The van der Waals surface area contributed by atoms with E-state index in [9.17, 15) is 9.59 Å². The molecule has 1 N–H and O–H groups in total. The molecule has 4 aromatic rings. The van der Waals surface area contributed by atoms with Crippen molar-refractivity contribution in [3.05, 3.63) is 95.1 Å². The third-order valence-electron chi connectivity index (χ3n) is 5.79. The predicted molar refractivity (Wildman–Crippen MR) is 158 cm³/mol. The van der Waals surface area contributed by atoms with Gasteiger partial charge in [-0.05, 0) is 62.0 Å². The van der Waals surface area contributed by atoms with Crippen LogP contribution in [0.25, 0.3) is 10.6 Å². The summed E-state index contributed by atoms with van der Waals surface area (Å²) in [6.07, 6.45) is 1.35. The van der Waals surface area contributed by atoms with Crippen LogP contribution < -0.4 is 10.1 Å². The summed E-state index contributed by atoms with van der Waals surface area (Å²) >= 11 is 3.40. The summed E-state index contributed by atoms with van der Waals surface area (Å²) < 4.78 is 22.3. The minimum absolute atomic E-state index is 0.249. The number of carbonyl (C=O) groups is 2. The number of thioether (sulfide) groups is 1. The summed E-state index contributed by atoms with van der Waals surface area (Å²) in [5.74, 6) is 1.76. The maximum Gasteiger partial charge on any atom is 0.408 e. The molecule has 0 saturated heterocycles. The number of hydrogen-bond acceptors (Lipinski definition) is 8. The Kier molecular flexibility index (Phi) is 9.95. The Labute approximate surface area is 242 Å². The third-order valence-corrected chi connectivity index (χ3v) is 7.69. The molecule has 4 rings (SSSR count). The van der Waals surface area contributed by atoms with Gasteiger partial charge in [0.25, 0.3) is 0 Å². The highest BCUT2D eigenvalue weighted by Gasteiger charge is 2.25. The topological polar surface area (TPSA) is 87.0 Å². The van der Waals surface area contributed by atoms with Crippen LogP contribution >= 0.6 is 23.1 Å². The molecule has 0 saturated carbocycles. The van der Waals surface area contributed by atoms with Gasteiger partial charge in [0.2, 0.25) is 0 Å². The number of amides is 1. The van der Waals surface area contributed by atoms with E-state index in [2.05, 4.69) is 23.5 Å².